The van der Waals surface area contributed by atoms with Gasteiger partial charge in [0.25, 0.3) is 11.8 Å². The quantitative estimate of drug-likeness (QED) is 0.705. The number of nitrogens with zero attached hydrogens (tertiary/aromatic N) is 4. The number of carbonyl (C=O) groups excluding carboxylic acids is 1. The maximum Gasteiger partial charge on any atom is 0.259 e. The Morgan fingerprint density at radius 1 is 1.07 bits per heavy atom. The van der Waals surface area contributed by atoms with Crippen LogP contribution in [0.3, 0.4) is 0 Å². The van der Waals surface area contributed by atoms with E-state index in [1.54, 1.807) is 0 Å². The van der Waals surface area contributed by atoms with Crippen LogP contribution in [0.2, 0.25) is 0 Å². The zero-order valence-electron chi connectivity index (χ0n) is 15.8. The van der Waals surface area contributed by atoms with Crippen molar-refractivity contribution in [1.82, 2.24) is 19.9 Å². The van der Waals surface area contributed by atoms with Gasteiger partial charge in [0.05, 0.1) is 11.1 Å². The van der Waals surface area contributed by atoms with Gasteiger partial charge in [-0.2, -0.15) is 4.98 Å². The lowest BCUT2D eigenvalue weighted by atomic mass is 10.1. The molecule has 3 heterocycles. The Kier molecular flexibility index (Phi) is 4.20. The van der Waals surface area contributed by atoms with Gasteiger partial charge in [0.15, 0.2) is 0 Å². The molecule has 2 aromatic carbocycles. The van der Waals surface area contributed by atoms with Crippen molar-refractivity contribution in [1.29, 1.82) is 0 Å². The number of fused-ring (bicyclic) bond motifs is 1. The van der Waals surface area contributed by atoms with Gasteiger partial charge in [-0.05, 0) is 38.1 Å². The first-order chi connectivity index (χ1) is 13.7. The van der Waals surface area contributed by atoms with Gasteiger partial charge in [-0.15, -0.1) is 0 Å². The predicted octanol–water partition coefficient (Wildman–Crippen LogP) is 3.18. The maximum absolute atomic E-state index is 13.3. The summed E-state index contributed by atoms with van der Waals surface area (Å²) >= 11 is 0. The van der Waals surface area contributed by atoms with Crippen LogP contribution in [0.25, 0.3) is 22.8 Å². The van der Waals surface area contributed by atoms with Gasteiger partial charge in [-0.25, -0.2) is 0 Å². The topological polar surface area (TPSA) is 62.5 Å². The Bertz CT molecular complexity index is 1000. The summed E-state index contributed by atoms with van der Waals surface area (Å²) in [6.07, 6.45) is 1.16. The molecule has 2 saturated heterocycles. The van der Waals surface area contributed by atoms with Gasteiger partial charge < -0.3 is 14.3 Å². The smallest absolute Gasteiger partial charge is 0.259 e. The second-order valence-electron chi connectivity index (χ2n) is 7.64. The minimum atomic E-state index is 0.0397. The fraction of sp³-hybridized carbons (Fsp3) is 0.318. The molecule has 0 bridgehead atoms. The molecule has 0 radical (unpaired) electrons. The van der Waals surface area contributed by atoms with E-state index >= 15 is 0 Å². The number of carbonyl (C=O) groups is 1. The predicted molar refractivity (Wildman–Crippen MR) is 106 cm³/mol. The molecule has 2 fully saturated rings. The van der Waals surface area contributed by atoms with Crippen molar-refractivity contribution in [3.63, 3.8) is 0 Å². The lowest BCUT2D eigenvalue weighted by molar-refractivity contribution is 0.0775. The van der Waals surface area contributed by atoms with Crippen molar-refractivity contribution in [2.45, 2.75) is 12.5 Å². The molecule has 6 heteroatoms. The molecule has 0 aliphatic carbocycles. The Morgan fingerprint density at radius 3 is 2.68 bits per heavy atom. The van der Waals surface area contributed by atoms with E-state index in [-0.39, 0.29) is 5.91 Å². The lowest BCUT2D eigenvalue weighted by Crippen LogP contribution is -2.35. The molecule has 5 rings (SSSR count). The average Bonchev–Trinajstić information content (AvgIpc) is 3.46. The van der Waals surface area contributed by atoms with E-state index in [0.717, 1.165) is 31.6 Å². The van der Waals surface area contributed by atoms with Crippen LogP contribution in [-0.4, -0.2) is 58.6 Å². The van der Waals surface area contributed by atoms with E-state index in [0.29, 0.717) is 34.8 Å². The number of benzene rings is 2. The Labute approximate surface area is 163 Å². The number of aromatic nitrogens is 2. The monoisotopic (exact) mass is 374 g/mol. The molecule has 2 atom stereocenters. The molecule has 0 N–H and O–H groups in total. The van der Waals surface area contributed by atoms with E-state index < -0.39 is 0 Å². The first-order valence-corrected chi connectivity index (χ1v) is 9.69. The number of hydrogen-bond donors (Lipinski definition) is 0. The Balaban J connectivity index is 1.44. The lowest BCUT2D eigenvalue weighted by Gasteiger charge is -2.21. The van der Waals surface area contributed by atoms with Gasteiger partial charge in [0.2, 0.25) is 5.82 Å². The Hall–Kier alpha value is -2.99. The van der Waals surface area contributed by atoms with Gasteiger partial charge >= 0.3 is 0 Å². The van der Waals surface area contributed by atoms with Crippen LogP contribution >= 0.6 is 0 Å². The fourth-order valence-corrected chi connectivity index (χ4v) is 4.40. The third-order valence-electron chi connectivity index (χ3n) is 5.96. The van der Waals surface area contributed by atoms with Gasteiger partial charge in [0.1, 0.15) is 0 Å². The number of likely N-dealkylation sites (N-methyl/N-ethyl adjacent to an activating group) is 1. The van der Waals surface area contributed by atoms with Crippen LogP contribution in [0.4, 0.5) is 0 Å². The third-order valence-corrected chi connectivity index (χ3v) is 5.96. The van der Waals surface area contributed by atoms with Crippen molar-refractivity contribution < 1.29 is 9.32 Å². The van der Waals surface area contributed by atoms with Crippen LogP contribution in [0.5, 0.6) is 0 Å². The highest BCUT2D eigenvalue weighted by Crippen LogP contribution is 2.32. The largest absolute Gasteiger partial charge is 0.337 e. The minimum absolute atomic E-state index is 0.0397. The molecule has 1 aromatic heterocycles. The second-order valence-corrected chi connectivity index (χ2v) is 7.64. The molecule has 142 valence electrons. The summed E-state index contributed by atoms with van der Waals surface area (Å²) in [6, 6.07) is 17.7. The maximum atomic E-state index is 13.3. The van der Waals surface area contributed by atoms with Crippen LogP contribution < -0.4 is 0 Å². The molecule has 28 heavy (non-hydrogen) atoms. The van der Waals surface area contributed by atoms with E-state index in [4.69, 9.17) is 4.52 Å². The summed E-state index contributed by atoms with van der Waals surface area (Å²) in [4.78, 5) is 22.1. The van der Waals surface area contributed by atoms with Crippen molar-refractivity contribution in [2.24, 2.45) is 5.92 Å². The van der Waals surface area contributed by atoms with E-state index in [1.807, 2.05) is 59.5 Å². The molecule has 3 aromatic rings. The summed E-state index contributed by atoms with van der Waals surface area (Å²) < 4.78 is 5.51. The summed E-state index contributed by atoms with van der Waals surface area (Å²) in [5, 5.41) is 4.10. The molecular weight excluding hydrogens is 352 g/mol. The highest BCUT2D eigenvalue weighted by molar-refractivity contribution is 6.00. The third kappa shape index (κ3) is 2.90. The van der Waals surface area contributed by atoms with Crippen molar-refractivity contribution >= 4 is 5.91 Å². The minimum Gasteiger partial charge on any atom is -0.337 e. The number of likely N-dealkylation sites (tertiary alicyclic amines) is 2. The fourth-order valence-electron chi connectivity index (χ4n) is 4.40. The summed E-state index contributed by atoms with van der Waals surface area (Å²) in [5.74, 6) is 1.52. The van der Waals surface area contributed by atoms with Gasteiger partial charge in [-0.1, -0.05) is 47.6 Å². The average molecular weight is 374 g/mol. The standard InChI is InChI=1S/C22H22N4O2/c1-25-12-11-16-13-26(14-19(16)25)22(27)18-10-6-5-9-17(18)21-23-20(24-28-21)15-7-3-2-4-8-15/h2-10,16,19H,11-14H2,1H3/t16-,19+/m1/s1. The van der Waals surface area contributed by atoms with E-state index in [9.17, 15) is 4.79 Å². The molecule has 0 unspecified atom stereocenters. The SMILES string of the molecule is CN1CC[C@@H]2CN(C(=O)c3ccccc3-c3nc(-c4ccccc4)no3)C[C@@H]21. The van der Waals surface area contributed by atoms with E-state index in [2.05, 4.69) is 22.1 Å². The first-order valence-electron chi connectivity index (χ1n) is 9.69. The number of rotatable bonds is 3. The molecular formula is C22H22N4O2. The van der Waals surface area contributed by atoms with Crippen LogP contribution in [0.15, 0.2) is 59.1 Å². The normalized spacial score (nSPS) is 21.8. The molecule has 2 aliphatic rings. The van der Waals surface area contributed by atoms with E-state index in [1.165, 1.54) is 0 Å². The highest BCUT2D eigenvalue weighted by Gasteiger charge is 2.41. The van der Waals surface area contributed by atoms with Gasteiger partial charge in [0, 0.05) is 24.7 Å². The molecule has 2 aliphatic heterocycles. The number of hydrogen-bond acceptors (Lipinski definition) is 5. The zero-order chi connectivity index (χ0) is 19.1. The second kappa shape index (κ2) is 6.87. The van der Waals surface area contributed by atoms with Crippen LogP contribution in [0.1, 0.15) is 16.8 Å². The van der Waals surface area contributed by atoms with Crippen molar-refractivity contribution in [3.05, 3.63) is 60.2 Å². The molecule has 1 amide bonds. The van der Waals surface area contributed by atoms with Crippen LogP contribution in [-0.2, 0) is 0 Å². The highest BCUT2D eigenvalue weighted by atomic mass is 16.5. The molecule has 0 saturated carbocycles. The van der Waals surface area contributed by atoms with Gasteiger partial charge in [-0.3, -0.25) is 4.79 Å². The van der Waals surface area contributed by atoms with Crippen molar-refractivity contribution in [2.75, 3.05) is 26.7 Å². The van der Waals surface area contributed by atoms with Crippen molar-refractivity contribution in [3.8, 4) is 22.8 Å². The number of amides is 1. The first kappa shape index (κ1) is 17.1. The summed E-state index contributed by atoms with van der Waals surface area (Å²) in [5.41, 5.74) is 2.19. The molecule has 6 nitrogen and oxygen atoms in total. The summed E-state index contributed by atoms with van der Waals surface area (Å²) in [6.45, 7) is 2.73. The van der Waals surface area contributed by atoms with Crippen LogP contribution in [0, 0.1) is 5.92 Å². The zero-order valence-corrected chi connectivity index (χ0v) is 15.8. The Morgan fingerprint density at radius 2 is 1.86 bits per heavy atom. The molecule has 0 spiro atoms. The summed E-state index contributed by atoms with van der Waals surface area (Å²) in [7, 11) is 2.15.